The number of urea groups is 1. The van der Waals surface area contributed by atoms with Gasteiger partial charge in [-0.15, -0.1) is 0 Å². The first kappa shape index (κ1) is 18.0. The molecule has 2 amide bonds. The van der Waals surface area contributed by atoms with Crippen molar-refractivity contribution in [2.24, 2.45) is 5.92 Å². The van der Waals surface area contributed by atoms with Crippen molar-refractivity contribution >= 4 is 6.03 Å². The Labute approximate surface area is 142 Å². The van der Waals surface area contributed by atoms with E-state index in [0.717, 1.165) is 17.7 Å². The van der Waals surface area contributed by atoms with Crippen LogP contribution in [0.4, 0.5) is 4.79 Å². The summed E-state index contributed by atoms with van der Waals surface area (Å²) < 4.78 is 1.82. The highest BCUT2D eigenvalue weighted by atomic mass is 16.3. The number of carbonyl (C=O) groups excluding carboxylic acids is 1. The van der Waals surface area contributed by atoms with E-state index in [1.807, 2.05) is 55.1 Å². The molecule has 0 aliphatic heterocycles. The highest BCUT2D eigenvalue weighted by Gasteiger charge is 2.13. The lowest BCUT2D eigenvalue weighted by molar-refractivity contribution is 0.114. The fourth-order valence-electron chi connectivity index (χ4n) is 2.26. The molecule has 2 unspecified atom stereocenters. The largest absolute Gasteiger partial charge is 0.391 e. The molecule has 0 radical (unpaired) electrons. The normalized spacial score (nSPS) is 13.3. The lowest BCUT2D eigenvalue weighted by atomic mass is 10.0. The van der Waals surface area contributed by atoms with Gasteiger partial charge in [0.05, 0.1) is 18.0 Å². The van der Waals surface area contributed by atoms with Gasteiger partial charge in [0.2, 0.25) is 0 Å². The summed E-state index contributed by atoms with van der Waals surface area (Å²) in [6, 6.07) is 9.63. The van der Waals surface area contributed by atoms with Gasteiger partial charge in [-0.2, -0.15) is 5.10 Å². The van der Waals surface area contributed by atoms with E-state index in [-0.39, 0.29) is 18.5 Å². The number of aromatic nitrogens is 2. The van der Waals surface area contributed by atoms with E-state index in [9.17, 15) is 9.90 Å². The SMILES string of the molecule is CCC(C)C(O)CNC(=O)NCCc1cnn(-c2ccccc2)c1. The van der Waals surface area contributed by atoms with E-state index < -0.39 is 6.10 Å². The number of aliphatic hydroxyl groups excluding tert-OH is 1. The van der Waals surface area contributed by atoms with Crippen LogP contribution in [0, 0.1) is 5.92 Å². The minimum absolute atomic E-state index is 0.175. The Morgan fingerprint density at radius 1 is 1.29 bits per heavy atom. The van der Waals surface area contributed by atoms with E-state index in [4.69, 9.17) is 0 Å². The number of rotatable bonds is 8. The zero-order chi connectivity index (χ0) is 17.4. The van der Waals surface area contributed by atoms with Gasteiger partial charge in [0.15, 0.2) is 0 Å². The Morgan fingerprint density at radius 2 is 2.04 bits per heavy atom. The molecule has 0 aliphatic carbocycles. The second-order valence-electron chi connectivity index (χ2n) is 5.97. The third-order valence-corrected chi connectivity index (χ3v) is 4.13. The first-order chi connectivity index (χ1) is 11.6. The van der Waals surface area contributed by atoms with Crippen LogP contribution >= 0.6 is 0 Å². The molecule has 0 saturated heterocycles. The number of aliphatic hydroxyl groups is 1. The van der Waals surface area contributed by atoms with Crippen LogP contribution in [0.15, 0.2) is 42.7 Å². The van der Waals surface area contributed by atoms with Crippen LogP contribution in [-0.4, -0.2) is 40.1 Å². The summed E-state index contributed by atoms with van der Waals surface area (Å²) in [5.74, 6) is 0.175. The van der Waals surface area contributed by atoms with Crippen molar-refractivity contribution in [3.05, 3.63) is 48.3 Å². The molecule has 1 aromatic heterocycles. The van der Waals surface area contributed by atoms with Crippen LogP contribution in [0.2, 0.25) is 0 Å². The molecular formula is C18H26N4O2. The van der Waals surface area contributed by atoms with Crippen LogP contribution in [0.3, 0.4) is 0 Å². The molecule has 0 aliphatic rings. The average molecular weight is 330 g/mol. The minimum atomic E-state index is -0.509. The molecule has 1 aromatic carbocycles. The molecular weight excluding hydrogens is 304 g/mol. The summed E-state index contributed by atoms with van der Waals surface area (Å²) in [6.07, 6.45) is 4.84. The number of nitrogens with one attached hydrogen (secondary N) is 2. The molecule has 130 valence electrons. The first-order valence-electron chi connectivity index (χ1n) is 8.39. The van der Waals surface area contributed by atoms with Gasteiger partial charge in [0.25, 0.3) is 0 Å². The van der Waals surface area contributed by atoms with Crippen LogP contribution in [0.5, 0.6) is 0 Å². The average Bonchev–Trinajstić information content (AvgIpc) is 3.08. The summed E-state index contributed by atoms with van der Waals surface area (Å²) in [4.78, 5) is 11.7. The van der Waals surface area contributed by atoms with Crippen molar-refractivity contribution in [2.45, 2.75) is 32.8 Å². The van der Waals surface area contributed by atoms with Crippen LogP contribution in [-0.2, 0) is 6.42 Å². The number of hydrogen-bond acceptors (Lipinski definition) is 3. The third-order valence-electron chi connectivity index (χ3n) is 4.13. The number of amides is 2. The molecule has 2 atom stereocenters. The van der Waals surface area contributed by atoms with Gasteiger partial charge in [-0.3, -0.25) is 0 Å². The lowest BCUT2D eigenvalue weighted by Gasteiger charge is -2.17. The maximum Gasteiger partial charge on any atom is 0.314 e. The van der Waals surface area contributed by atoms with E-state index in [2.05, 4.69) is 15.7 Å². The minimum Gasteiger partial charge on any atom is -0.391 e. The Morgan fingerprint density at radius 3 is 2.75 bits per heavy atom. The molecule has 3 N–H and O–H groups in total. The Bertz CT molecular complexity index is 627. The molecule has 0 spiro atoms. The molecule has 24 heavy (non-hydrogen) atoms. The Hall–Kier alpha value is -2.34. The molecule has 0 bridgehead atoms. The molecule has 2 rings (SSSR count). The molecule has 0 fully saturated rings. The van der Waals surface area contributed by atoms with Crippen molar-refractivity contribution in [1.82, 2.24) is 20.4 Å². The second kappa shape index (κ2) is 9.08. The van der Waals surface area contributed by atoms with Gasteiger partial charge in [-0.25, -0.2) is 9.48 Å². The predicted octanol–water partition coefficient (Wildman–Crippen LogP) is 2.12. The summed E-state index contributed by atoms with van der Waals surface area (Å²) in [6.45, 7) is 4.77. The van der Waals surface area contributed by atoms with Crippen molar-refractivity contribution < 1.29 is 9.90 Å². The zero-order valence-corrected chi connectivity index (χ0v) is 14.3. The van der Waals surface area contributed by atoms with Gasteiger partial charge in [0.1, 0.15) is 0 Å². The standard InChI is InChI=1S/C18H26N4O2/c1-3-14(2)17(23)12-20-18(24)19-10-9-15-11-21-22(13-15)16-7-5-4-6-8-16/h4-8,11,13-14,17,23H,3,9-10,12H2,1-2H3,(H2,19,20,24). The van der Waals surface area contributed by atoms with E-state index in [1.54, 1.807) is 6.20 Å². The van der Waals surface area contributed by atoms with Crippen molar-refractivity contribution in [3.8, 4) is 5.69 Å². The number of carbonyl (C=O) groups is 1. The molecule has 6 nitrogen and oxygen atoms in total. The molecule has 1 heterocycles. The number of hydrogen-bond donors (Lipinski definition) is 3. The topological polar surface area (TPSA) is 79.2 Å². The van der Waals surface area contributed by atoms with Crippen molar-refractivity contribution in [3.63, 3.8) is 0 Å². The van der Waals surface area contributed by atoms with Crippen LogP contribution in [0.1, 0.15) is 25.8 Å². The van der Waals surface area contributed by atoms with Crippen LogP contribution in [0.25, 0.3) is 5.69 Å². The smallest absolute Gasteiger partial charge is 0.314 e. The fraction of sp³-hybridized carbons (Fsp3) is 0.444. The first-order valence-corrected chi connectivity index (χ1v) is 8.39. The fourth-order valence-corrected chi connectivity index (χ4v) is 2.26. The van der Waals surface area contributed by atoms with Gasteiger partial charge in [-0.05, 0) is 30.0 Å². The maximum atomic E-state index is 11.7. The zero-order valence-electron chi connectivity index (χ0n) is 14.3. The monoisotopic (exact) mass is 330 g/mol. The highest BCUT2D eigenvalue weighted by molar-refractivity contribution is 5.73. The summed E-state index contributed by atoms with van der Waals surface area (Å²) in [5.41, 5.74) is 2.06. The quantitative estimate of drug-likeness (QED) is 0.694. The van der Waals surface area contributed by atoms with Gasteiger partial charge in [0, 0.05) is 19.3 Å². The van der Waals surface area contributed by atoms with Gasteiger partial charge in [-0.1, -0.05) is 38.5 Å². The Balaban J connectivity index is 1.71. The van der Waals surface area contributed by atoms with Crippen molar-refractivity contribution in [2.75, 3.05) is 13.1 Å². The third kappa shape index (κ3) is 5.38. The maximum absolute atomic E-state index is 11.7. The summed E-state index contributed by atoms with van der Waals surface area (Å²) >= 11 is 0. The molecule has 2 aromatic rings. The number of benzene rings is 1. The Kier molecular flexibility index (Phi) is 6.81. The van der Waals surface area contributed by atoms with Gasteiger partial charge >= 0.3 is 6.03 Å². The number of para-hydroxylation sites is 1. The van der Waals surface area contributed by atoms with E-state index in [1.165, 1.54) is 0 Å². The second-order valence-corrected chi connectivity index (χ2v) is 5.97. The highest BCUT2D eigenvalue weighted by Crippen LogP contribution is 2.08. The number of nitrogens with zero attached hydrogens (tertiary/aromatic N) is 2. The molecule has 0 saturated carbocycles. The predicted molar refractivity (Wildman–Crippen MR) is 94.1 cm³/mol. The van der Waals surface area contributed by atoms with Gasteiger partial charge < -0.3 is 15.7 Å². The summed E-state index contributed by atoms with van der Waals surface area (Å²) in [5, 5.41) is 19.6. The molecule has 6 heteroatoms. The van der Waals surface area contributed by atoms with E-state index in [0.29, 0.717) is 13.0 Å². The van der Waals surface area contributed by atoms with Crippen molar-refractivity contribution in [1.29, 1.82) is 0 Å². The van der Waals surface area contributed by atoms with Crippen LogP contribution < -0.4 is 10.6 Å². The summed E-state index contributed by atoms with van der Waals surface area (Å²) in [7, 11) is 0. The van der Waals surface area contributed by atoms with E-state index >= 15 is 0 Å². The lowest BCUT2D eigenvalue weighted by Crippen LogP contribution is -2.41.